The van der Waals surface area contributed by atoms with Gasteiger partial charge >= 0.3 is 6.18 Å². The molecule has 240 valence electrons. The van der Waals surface area contributed by atoms with Crippen molar-refractivity contribution in [1.29, 1.82) is 0 Å². The third kappa shape index (κ3) is 6.87. The number of hydrogen-bond donors (Lipinski definition) is 2. The van der Waals surface area contributed by atoms with Crippen LogP contribution in [0.25, 0.3) is 0 Å². The quantitative estimate of drug-likeness (QED) is 0.374. The second-order valence-corrected chi connectivity index (χ2v) is 15.9. The predicted octanol–water partition coefficient (Wildman–Crippen LogP) is 6.30. The first kappa shape index (κ1) is 31.5. The van der Waals surface area contributed by atoms with E-state index in [1.807, 2.05) is 24.3 Å². The van der Waals surface area contributed by atoms with Crippen molar-refractivity contribution >= 4 is 38.8 Å². The van der Waals surface area contributed by atoms with E-state index < -0.39 is 28.3 Å². The normalized spacial score (nSPS) is 31.1. The molecule has 6 rings (SSSR count). The van der Waals surface area contributed by atoms with Crippen molar-refractivity contribution in [3.63, 3.8) is 0 Å². The fraction of sp³-hybridized carbons (Fsp3) is 0.576. The van der Waals surface area contributed by atoms with E-state index in [0.29, 0.717) is 61.7 Å². The summed E-state index contributed by atoms with van der Waals surface area (Å²) >= 11 is 6.38. The van der Waals surface area contributed by atoms with Crippen LogP contribution >= 0.6 is 11.6 Å². The van der Waals surface area contributed by atoms with Crippen LogP contribution in [0.15, 0.2) is 36.4 Å². The Morgan fingerprint density at radius 1 is 1.11 bits per heavy atom. The molecule has 2 aromatic rings. The first-order chi connectivity index (χ1) is 20.9. The number of halogens is 4. The van der Waals surface area contributed by atoms with Crippen LogP contribution in [0, 0.1) is 11.8 Å². The first-order valence-electron chi connectivity index (χ1n) is 15.7. The number of aryl methyl sites for hydroxylation is 1. The number of fused-ring (bicyclic) bond motifs is 4. The van der Waals surface area contributed by atoms with Gasteiger partial charge in [-0.05, 0) is 104 Å². The third-order valence-electron chi connectivity index (χ3n) is 10.1. The number of nitrogens with one attached hydrogen (secondary N) is 2. The number of anilines is 1. The van der Waals surface area contributed by atoms with Crippen LogP contribution in [-0.2, 0) is 21.5 Å². The Kier molecular flexibility index (Phi) is 8.89. The van der Waals surface area contributed by atoms with Gasteiger partial charge < -0.3 is 15.0 Å². The zero-order valence-corrected chi connectivity index (χ0v) is 26.5. The molecule has 0 aromatic heterocycles. The van der Waals surface area contributed by atoms with Crippen LogP contribution in [0.3, 0.4) is 0 Å². The SMILES string of the molecule is C=S1(=O)CCCCC[C@H](NCC(F)(F)F)[C@@H]2CC[C@H]2CN2C[C@@]3(CCCc4cc(Cl)ccc43)COc3ccc(cc32)C(=O)N1. The van der Waals surface area contributed by atoms with Gasteiger partial charge in [0.25, 0.3) is 5.91 Å². The van der Waals surface area contributed by atoms with Gasteiger partial charge in [-0.3, -0.25) is 9.52 Å². The molecule has 5 atom stereocenters. The molecular weight excluding hydrogens is 611 g/mol. The second kappa shape index (κ2) is 12.4. The number of hydrogen-bond acceptors (Lipinski definition) is 5. The predicted molar refractivity (Wildman–Crippen MR) is 170 cm³/mol. The van der Waals surface area contributed by atoms with E-state index in [0.717, 1.165) is 37.8 Å². The summed E-state index contributed by atoms with van der Waals surface area (Å²) in [5.41, 5.74) is 3.29. The van der Waals surface area contributed by atoms with Crippen molar-refractivity contribution in [2.75, 3.05) is 36.9 Å². The topological polar surface area (TPSA) is 70.7 Å². The molecule has 1 unspecified atom stereocenters. The van der Waals surface area contributed by atoms with Gasteiger partial charge in [-0.2, -0.15) is 13.2 Å². The Morgan fingerprint density at radius 2 is 1.95 bits per heavy atom. The van der Waals surface area contributed by atoms with Crippen LogP contribution in [0.5, 0.6) is 5.75 Å². The first-order valence-corrected chi connectivity index (χ1v) is 18.0. The molecule has 0 saturated heterocycles. The molecule has 1 fully saturated rings. The Bertz CT molecular complexity index is 1500. The number of nitrogens with zero attached hydrogens (tertiary/aromatic N) is 1. The van der Waals surface area contributed by atoms with E-state index in [4.69, 9.17) is 16.3 Å². The van der Waals surface area contributed by atoms with Crippen molar-refractivity contribution in [3.05, 3.63) is 58.1 Å². The minimum absolute atomic E-state index is 0.106. The zero-order chi connectivity index (χ0) is 31.1. The van der Waals surface area contributed by atoms with Crippen molar-refractivity contribution in [2.45, 2.75) is 75.4 Å². The fourth-order valence-electron chi connectivity index (χ4n) is 7.76. The molecule has 2 aliphatic carbocycles. The number of ether oxygens (including phenoxy) is 1. The molecule has 1 spiro atoms. The van der Waals surface area contributed by atoms with Crippen LogP contribution in [0.1, 0.15) is 72.9 Å². The minimum atomic E-state index is -4.28. The lowest BCUT2D eigenvalue weighted by Gasteiger charge is -2.47. The van der Waals surface area contributed by atoms with Crippen molar-refractivity contribution < 1.29 is 26.9 Å². The summed E-state index contributed by atoms with van der Waals surface area (Å²) in [6, 6.07) is 11.1. The molecular formula is C33H41ClF3N3O3S. The number of alkyl halides is 3. The van der Waals surface area contributed by atoms with Crippen molar-refractivity contribution in [3.8, 4) is 5.75 Å². The van der Waals surface area contributed by atoms with Crippen LogP contribution in [-0.4, -0.2) is 60.2 Å². The molecule has 1 saturated carbocycles. The van der Waals surface area contributed by atoms with E-state index in [2.05, 4.69) is 26.9 Å². The Balaban J connectivity index is 1.38. The number of amides is 1. The van der Waals surface area contributed by atoms with Gasteiger partial charge in [-0.1, -0.05) is 30.5 Å². The number of benzene rings is 2. The van der Waals surface area contributed by atoms with Crippen molar-refractivity contribution in [2.24, 2.45) is 11.8 Å². The summed E-state index contributed by atoms with van der Waals surface area (Å²) in [4.78, 5) is 15.6. The van der Waals surface area contributed by atoms with Gasteiger partial charge in [0.1, 0.15) is 5.75 Å². The Hall–Kier alpha value is -2.43. The monoisotopic (exact) mass is 651 g/mol. The third-order valence-corrected chi connectivity index (χ3v) is 11.8. The summed E-state index contributed by atoms with van der Waals surface area (Å²) in [6.07, 6.45) is 2.98. The van der Waals surface area contributed by atoms with Gasteiger partial charge in [-0.25, -0.2) is 4.21 Å². The molecule has 44 heavy (non-hydrogen) atoms. The maximum absolute atomic E-state index is 13.3. The summed E-state index contributed by atoms with van der Waals surface area (Å²) in [6.45, 7) is 0.752. The average Bonchev–Trinajstić information content (AvgIpc) is 3.09. The Labute approximate surface area is 263 Å². The Morgan fingerprint density at radius 3 is 2.73 bits per heavy atom. The molecule has 0 radical (unpaired) electrons. The lowest BCUT2D eigenvalue weighted by molar-refractivity contribution is -0.128. The van der Waals surface area contributed by atoms with Gasteiger partial charge in [0.05, 0.1) is 18.8 Å². The molecule has 2 aromatic carbocycles. The van der Waals surface area contributed by atoms with Crippen LogP contribution in [0.4, 0.5) is 18.9 Å². The molecule has 1 amide bonds. The minimum Gasteiger partial charge on any atom is -0.490 e. The van der Waals surface area contributed by atoms with Crippen LogP contribution < -0.4 is 19.7 Å². The highest BCUT2D eigenvalue weighted by molar-refractivity contribution is 7.99. The highest BCUT2D eigenvalue weighted by Gasteiger charge is 2.45. The second-order valence-electron chi connectivity index (χ2n) is 13.2. The summed E-state index contributed by atoms with van der Waals surface area (Å²) < 4.78 is 62.3. The van der Waals surface area contributed by atoms with Crippen molar-refractivity contribution in [1.82, 2.24) is 10.0 Å². The van der Waals surface area contributed by atoms with Crippen LogP contribution in [0.2, 0.25) is 5.02 Å². The maximum atomic E-state index is 13.3. The molecule has 2 heterocycles. The molecule has 11 heteroatoms. The van der Waals surface area contributed by atoms with Gasteiger partial charge in [-0.15, -0.1) is 0 Å². The van der Waals surface area contributed by atoms with E-state index in [-0.39, 0.29) is 29.0 Å². The zero-order valence-electron chi connectivity index (χ0n) is 24.9. The maximum Gasteiger partial charge on any atom is 0.401 e. The van der Waals surface area contributed by atoms with Gasteiger partial charge in [0.15, 0.2) is 0 Å². The highest BCUT2D eigenvalue weighted by Crippen LogP contribution is 2.47. The molecule has 2 bridgehead atoms. The van der Waals surface area contributed by atoms with Gasteiger partial charge in [0, 0.05) is 50.6 Å². The van der Waals surface area contributed by atoms with Gasteiger partial charge in [0.2, 0.25) is 0 Å². The fourth-order valence-corrected chi connectivity index (χ4v) is 9.18. The molecule has 2 aliphatic heterocycles. The largest absolute Gasteiger partial charge is 0.490 e. The molecule has 2 N–H and O–H groups in total. The van der Waals surface area contributed by atoms with E-state index in [9.17, 15) is 22.2 Å². The van der Waals surface area contributed by atoms with E-state index in [1.165, 1.54) is 11.1 Å². The standard InChI is InChI=1S/C33H41ClF3N3O3S/c1-44(42)15-4-2-3-7-28(38-19-33(35,36)37)26-11-8-24(26)18-40-20-32(14-5-6-22-16-25(34)10-12-27(22)32)21-43-30-13-9-23(17-29(30)40)31(41)39-44/h9-10,12-13,16-17,24,26,28,38H,1-8,11,14-15,18-21H2,(H,39,41,42)/t24-,26+,28-,32-,44?/m0/s1. The summed E-state index contributed by atoms with van der Waals surface area (Å²) in [7, 11) is -2.88. The summed E-state index contributed by atoms with van der Waals surface area (Å²) in [5.74, 6) is 4.55. The average molecular weight is 652 g/mol. The number of carbonyl (C=O) groups excluding carboxylic acids is 1. The number of rotatable bonds is 2. The number of carbonyl (C=O) groups is 1. The van der Waals surface area contributed by atoms with E-state index >= 15 is 0 Å². The lowest BCUT2D eigenvalue weighted by atomic mass is 9.67. The molecule has 6 nitrogen and oxygen atoms in total. The lowest BCUT2D eigenvalue weighted by Crippen LogP contribution is -2.52. The highest BCUT2D eigenvalue weighted by atomic mass is 35.5. The molecule has 4 aliphatic rings. The summed E-state index contributed by atoms with van der Waals surface area (Å²) in [5, 5.41) is 3.57. The van der Waals surface area contributed by atoms with E-state index in [1.54, 1.807) is 6.07 Å². The smallest absolute Gasteiger partial charge is 0.401 e.